The fourth-order valence-corrected chi connectivity index (χ4v) is 4.78. The number of aliphatic hydroxyl groups excluding tert-OH is 1. The SMILES string of the molecule is COc1ccc(CN2C(=O)c3c(OS(=O)(=O)C(F)(F)F)c(C)c(=O)n(C)c3N(c3ccc(C)cc3F)C2O)cc1. The number of anilines is 2. The van der Waals surface area contributed by atoms with Gasteiger partial charge in [-0.2, -0.15) is 21.6 Å². The van der Waals surface area contributed by atoms with Gasteiger partial charge in [-0.25, -0.2) is 4.39 Å². The highest BCUT2D eigenvalue weighted by Crippen LogP contribution is 2.43. The van der Waals surface area contributed by atoms with Crippen molar-refractivity contribution in [3.63, 3.8) is 0 Å². The molecule has 0 radical (unpaired) electrons. The van der Waals surface area contributed by atoms with Crippen LogP contribution in [0.15, 0.2) is 47.3 Å². The zero-order chi connectivity index (χ0) is 29.7. The van der Waals surface area contributed by atoms with Gasteiger partial charge in [0.05, 0.1) is 24.9 Å². The number of aryl methyl sites for hydroxylation is 1. The first-order chi connectivity index (χ1) is 18.6. The molecule has 0 spiro atoms. The number of hydrogen-bond donors (Lipinski definition) is 1. The maximum absolute atomic E-state index is 15.2. The summed E-state index contributed by atoms with van der Waals surface area (Å²) in [5.74, 6) is -3.37. The Balaban J connectivity index is 2.02. The Morgan fingerprint density at radius 2 is 1.68 bits per heavy atom. The van der Waals surface area contributed by atoms with Crippen molar-refractivity contribution in [2.45, 2.75) is 32.3 Å². The highest BCUT2D eigenvalue weighted by atomic mass is 32.2. The van der Waals surface area contributed by atoms with E-state index >= 15 is 4.39 Å². The van der Waals surface area contributed by atoms with Gasteiger partial charge in [0.25, 0.3) is 11.5 Å². The van der Waals surface area contributed by atoms with Gasteiger partial charge in [-0.15, -0.1) is 0 Å². The quantitative estimate of drug-likeness (QED) is 0.266. The second-order valence-corrected chi connectivity index (χ2v) is 10.5. The summed E-state index contributed by atoms with van der Waals surface area (Å²) in [6, 6.07) is 10.00. The lowest BCUT2D eigenvalue weighted by Gasteiger charge is -2.43. The molecule has 4 rings (SSSR count). The van der Waals surface area contributed by atoms with E-state index in [0.29, 0.717) is 16.9 Å². The summed E-state index contributed by atoms with van der Waals surface area (Å²) >= 11 is 0. The highest BCUT2D eigenvalue weighted by molar-refractivity contribution is 7.88. The van der Waals surface area contributed by atoms with Gasteiger partial charge in [0, 0.05) is 7.05 Å². The van der Waals surface area contributed by atoms with Gasteiger partial charge in [-0.05, 0) is 49.2 Å². The zero-order valence-electron chi connectivity index (χ0n) is 21.5. The number of hydrogen-bond acceptors (Lipinski definition) is 8. The first-order valence-corrected chi connectivity index (χ1v) is 12.9. The van der Waals surface area contributed by atoms with E-state index < -0.39 is 62.0 Å². The van der Waals surface area contributed by atoms with Crippen LogP contribution in [0.3, 0.4) is 0 Å². The Bertz CT molecular complexity index is 1650. The lowest BCUT2D eigenvalue weighted by atomic mass is 10.0. The molecule has 10 nitrogen and oxygen atoms in total. The number of ether oxygens (including phenoxy) is 1. The van der Waals surface area contributed by atoms with Crippen molar-refractivity contribution in [3.05, 3.63) is 80.9 Å². The summed E-state index contributed by atoms with van der Waals surface area (Å²) < 4.78 is 89.3. The Kier molecular flexibility index (Phi) is 7.32. The number of aromatic nitrogens is 1. The summed E-state index contributed by atoms with van der Waals surface area (Å²) in [4.78, 5) is 28.4. The third-order valence-electron chi connectivity index (χ3n) is 6.30. The normalized spacial score (nSPS) is 15.7. The maximum atomic E-state index is 15.2. The number of amides is 1. The van der Waals surface area contributed by atoms with Gasteiger partial charge in [0.1, 0.15) is 22.9 Å². The molecule has 1 aliphatic heterocycles. The second kappa shape index (κ2) is 10.1. The molecule has 0 saturated carbocycles. The fraction of sp³-hybridized carbons (Fsp3) is 0.280. The maximum Gasteiger partial charge on any atom is 0.534 e. The molecule has 2 heterocycles. The van der Waals surface area contributed by atoms with Crippen LogP contribution in [-0.4, -0.2) is 47.9 Å². The van der Waals surface area contributed by atoms with Gasteiger partial charge in [0.2, 0.25) is 6.35 Å². The first kappa shape index (κ1) is 28.9. The topological polar surface area (TPSA) is 118 Å². The number of carbonyl (C=O) groups is 1. The summed E-state index contributed by atoms with van der Waals surface area (Å²) in [6.45, 7) is 2.20. The van der Waals surface area contributed by atoms with Crippen LogP contribution in [0, 0.1) is 19.7 Å². The molecule has 1 atom stereocenters. The van der Waals surface area contributed by atoms with Crippen molar-refractivity contribution in [3.8, 4) is 11.5 Å². The van der Waals surface area contributed by atoms with E-state index in [9.17, 15) is 36.3 Å². The molecule has 15 heteroatoms. The molecule has 214 valence electrons. The van der Waals surface area contributed by atoms with Crippen molar-refractivity contribution in [2.24, 2.45) is 7.05 Å². The minimum Gasteiger partial charge on any atom is -0.497 e. The van der Waals surface area contributed by atoms with E-state index in [-0.39, 0.29) is 12.2 Å². The lowest BCUT2D eigenvalue weighted by Crippen LogP contribution is -2.55. The average molecular weight is 586 g/mol. The number of fused-ring (bicyclic) bond motifs is 1. The van der Waals surface area contributed by atoms with Crippen LogP contribution >= 0.6 is 0 Å². The molecule has 1 amide bonds. The lowest BCUT2D eigenvalue weighted by molar-refractivity contribution is -0.0501. The molecule has 0 saturated heterocycles. The number of benzene rings is 2. The van der Waals surface area contributed by atoms with Crippen molar-refractivity contribution >= 4 is 27.5 Å². The van der Waals surface area contributed by atoms with Gasteiger partial charge >= 0.3 is 15.6 Å². The molecule has 3 aromatic rings. The molecule has 1 unspecified atom stereocenters. The van der Waals surface area contributed by atoms with E-state index in [1.54, 1.807) is 31.2 Å². The monoisotopic (exact) mass is 585 g/mol. The van der Waals surface area contributed by atoms with E-state index in [2.05, 4.69) is 4.18 Å². The third-order valence-corrected chi connectivity index (χ3v) is 7.25. The third kappa shape index (κ3) is 4.86. The summed E-state index contributed by atoms with van der Waals surface area (Å²) in [5, 5.41) is 11.4. The predicted octanol–water partition coefficient (Wildman–Crippen LogP) is 3.45. The van der Waals surface area contributed by atoms with Crippen molar-refractivity contribution in [1.29, 1.82) is 0 Å². The van der Waals surface area contributed by atoms with Crippen molar-refractivity contribution < 1.29 is 44.8 Å². The number of halogens is 4. The molecule has 1 aliphatic rings. The van der Waals surface area contributed by atoms with E-state index in [0.717, 1.165) is 34.4 Å². The second-order valence-electron chi connectivity index (χ2n) is 8.95. The fourth-order valence-electron chi connectivity index (χ4n) is 4.26. The van der Waals surface area contributed by atoms with E-state index in [1.165, 1.54) is 19.2 Å². The van der Waals surface area contributed by atoms with Gasteiger partial charge in [0.15, 0.2) is 5.75 Å². The van der Waals surface area contributed by atoms with Crippen LogP contribution in [-0.2, 0) is 23.7 Å². The first-order valence-electron chi connectivity index (χ1n) is 11.5. The largest absolute Gasteiger partial charge is 0.534 e. The van der Waals surface area contributed by atoms with Crippen LogP contribution < -0.4 is 19.4 Å². The van der Waals surface area contributed by atoms with Crippen LogP contribution in [0.1, 0.15) is 27.0 Å². The summed E-state index contributed by atoms with van der Waals surface area (Å²) in [6.07, 6.45) is -1.99. The molecular weight excluding hydrogens is 562 g/mol. The predicted molar refractivity (Wildman–Crippen MR) is 134 cm³/mol. The van der Waals surface area contributed by atoms with Crippen LogP contribution in [0.25, 0.3) is 0 Å². The number of methoxy groups -OCH3 is 1. The molecule has 2 aromatic carbocycles. The number of aliphatic hydroxyl groups is 1. The van der Waals surface area contributed by atoms with Crippen LogP contribution in [0.2, 0.25) is 0 Å². The smallest absolute Gasteiger partial charge is 0.497 e. The van der Waals surface area contributed by atoms with Crippen molar-refractivity contribution in [1.82, 2.24) is 9.47 Å². The highest BCUT2D eigenvalue weighted by Gasteiger charge is 2.51. The number of pyridine rings is 1. The standard InChI is InChI=1S/C25H23F4N3O7S/c1-13-5-10-18(17(26)11-13)32-21-19(20(14(2)22(33)30(21)3)39-40(36,37)25(27,28)29)23(34)31(24(32)35)12-15-6-8-16(38-4)9-7-15/h5-11,24,35H,12H2,1-4H3. The number of alkyl halides is 3. The number of carbonyl (C=O) groups excluding carboxylic acids is 1. The van der Waals surface area contributed by atoms with Crippen LogP contribution in [0.4, 0.5) is 29.1 Å². The van der Waals surface area contributed by atoms with E-state index in [1.807, 2.05) is 0 Å². The Morgan fingerprint density at radius 1 is 1.05 bits per heavy atom. The Labute approximate surface area is 225 Å². The van der Waals surface area contributed by atoms with Crippen LogP contribution in [0.5, 0.6) is 11.5 Å². The molecule has 0 fully saturated rings. The minimum absolute atomic E-state index is 0.352. The number of nitrogens with zero attached hydrogens (tertiary/aromatic N) is 3. The molecule has 1 aromatic heterocycles. The minimum atomic E-state index is -6.34. The molecule has 1 N–H and O–H groups in total. The molecule has 0 bridgehead atoms. The van der Waals surface area contributed by atoms with E-state index in [4.69, 9.17) is 4.74 Å². The summed E-state index contributed by atoms with van der Waals surface area (Å²) in [7, 11) is -3.78. The van der Waals surface area contributed by atoms with Gasteiger partial charge < -0.3 is 14.0 Å². The summed E-state index contributed by atoms with van der Waals surface area (Å²) in [5.41, 5.74) is -7.82. The Morgan fingerprint density at radius 3 is 2.23 bits per heavy atom. The molecular formula is C25H23F4N3O7S. The van der Waals surface area contributed by atoms with Gasteiger partial charge in [-0.3, -0.25) is 24.0 Å². The zero-order valence-corrected chi connectivity index (χ0v) is 22.3. The van der Waals surface area contributed by atoms with Gasteiger partial charge in [-0.1, -0.05) is 18.2 Å². The molecule has 0 aliphatic carbocycles. The average Bonchev–Trinajstić information content (AvgIpc) is 2.88. The number of rotatable bonds is 6. The molecule has 40 heavy (non-hydrogen) atoms. The Hall–Kier alpha value is -4.11. The van der Waals surface area contributed by atoms with Crippen molar-refractivity contribution in [2.75, 3.05) is 12.0 Å².